The highest BCUT2D eigenvalue weighted by molar-refractivity contribution is 7.98. The standard InChI is InChI=1S/C26H24ClNO2S2/c1-26(2,32(3,29)30)21-14-20-9-6-12-28-25(20)24(15-21)19-8-4-7-18(13-19)17-31-23-11-5-10-22(27)16-23/h4-16H,17H2,1-3H3. The number of halogens is 1. The van der Waals surface area contributed by atoms with Gasteiger partial charge in [0.1, 0.15) is 0 Å². The Morgan fingerprint density at radius 2 is 1.75 bits per heavy atom. The van der Waals surface area contributed by atoms with E-state index < -0.39 is 14.6 Å². The van der Waals surface area contributed by atoms with Crippen LogP contribution in [0.5, 0.6) is 0 Å². The molecule has 0 saturated heterocycles. The summed E-state index contributed by atoms with van der Waals surface area (Å²) in [5.41, 5.74) is 4.74. The molecule has 32 heavy (non-hydrogen) atoms. The Labute approximate surface area is 198 Å². The normalized spacial score (nSPS) is 12.2. The molecular formula is C26H24ClNO2S2. The summed E-state index contributed by atoms with van der Waals surface area (Å²) in [6.45, 7) is 3.50. The average molecular weight is 482 g/mol. The van der Waals surface area contributed by atoms with Gasteiger partial charge in [-0.2, -0.15) is 0 Å². The van der Waals surface area contributed by atoms with Crippen LogP contribution in [0.2, 0.25) is 5.02 Å². The van der Waals surface area contributed by atoms with Crippen LogP contribution in [0.3, 0.4) is 0 Å². The number of aromatic nitrogens is 1. The summed E-state index contributed by atoms with van der Waals surface area (Å²) >= 11 is 7.83. The zero-order valence-corrected chi connectivity index (χ0v) is 20.6. The fourth-order valence-corrected chi connectivity index (χ4v) is 5.23. The number of hydrogen-bond donors (Lipinski definition) is 0. The molecule has 0 atom stereocenters. The van der Waals surface area contributed by atoms with Crippen molar-refractivity contribution in [2.45, 2.75) is 29.2 Å². The van der Waals surface area contributed by atoms with E-state index in [1.807, 2.05) is 54.6 Å². The van der Waals surface area contributed by atoms with Crippen LogP contribution >= 0.6 is 23.4 Å². The quantitative estimate of drug-likeness (QED) is 0.275. The van der Waals surface area contributed by atoms with Crippen molar-refractivity contribution in [3.05, 3.63) is 95.1 Å². The first-order valence-electron chi connectivity index (χ1n) is 10.2. The van der Waals surface area contributed by atoms with E-state index in [1.54, 1.807) is 31.8 Å². The number of fused-ring (bicyclic) bond motifs is 1. The van der Waals surface area contributed by atoms with Gasteiger partial charge in [0, 0.05) is 39.1 Å². The third-order valence-electron chi connectivity index (χ3n) is 5.77. The first-order valence-corrected chi connectivity index (χ1v) is 13.5. The summed E-state index contributed by atoms with van der Waals surface area (Å²) in [4.78, 5) is 5.72. The van der Waals surface area contributed by atoms with Crippen molar-refractivity contribution in [2.24, 2.45) is 0 Å². The van der Waals surface area contributed by atoms with Crippen LogP contribution in [0.1, 0.15) is 25.0 Å². The van der Waals surface area contributed by atoms with Crippen molar-refractivity contribution >= 4 is 44.1 Å². The molecule has 3 aromatic carbocycles. The molecule has 0 spiro atoms. The van der Waals surface area contributed by atoms with E-state index >= 15 is 0 Å². The topological polar surface area (TPSA) is 47.0 Å². The van der Waals surface area contributed by atoms with Crippen molar-refractivity contribution < 1.29 is 8.42 Å². The van der Waals surface area contributed by atoms with Crippen LogP contribution in [0.25, 0.3) is 22.0 Å². The zero-order chi connectivity index (χ0) is 22.9. The smallest absolute Gasteiger partial charge is 0.156 e. The van der Waals surface area contributed by atoms with E-state index in [1.165, 1.54) is 11.8 Å². The number of sulfone groups is 1. The Morgan fingerprint density at radius 1 is 0.969 bits per heavy atom. The molecule has 0 radical (unpaired) electrons. The highest BCUT2D eigenvalue weighted by Gasteiger charge is 2.33. The number of thioether (sulfide) groups is 1. The molecule has 0 unspecified atom stereocenters. The first-order chi connectivity index (χ1) is 15.1. The molecule has 0 N–H and O–H groups in total. The molecular weight excluding hydrogens is 458 g/mol. The van der Waals surface area contributed by atoms with E-state index in [4.69, 9.17) is 11.6 Å². The maximum absolute atomic E-state index is 12.5. The van der Waals surface area contributed by atoms with Gasteiger partial charge in [-0.15, -0.1) is 11.8 Å². The average Bonchev–Trinajstić information content (AvgIpc) is 2.76. The molecule has 6 heteroatoms. The summed E-state index contributed by atoms with van der Waals surface area (Å²) in [5.74, 6) is 0.800. The summed E-state index contributed by atoms with van der Waals surface area (Å²) in [7, 11) is -3.31. The van der Waals surface area contributed by atoms with Crippen LogP contribution in [0.4, 0.5) is 0 Å². The van der Waals surface area contributed by atoms with Crippen molar-refractivity contribution in [1.29, 1.82) is 0 Å². The molecule has 1 aromatic heterocycles. The van der Waals surface area contributed by atoms with Gasteiger partial charge in [0.25, 0.3) is 0 Å². The van der Waals surface area contributed by atoms with E-state index in [2.05, 4.69) is 23.2 Å². The van der Waals surface area contributed by atoms with Gasteiger partial charge in [-0.25, -0.2) is 8.42 Å². The maximum Gasteiger partial charge on any atom is 0.156 e. The molecule has 1 heterocycles. The molecule has 0 aliphatic heterocycles. The Balaban J connectivity index is 1.77. The minimum absolute atomic E-state index is 0.728. The molecule has 0 saturated carbocycles. The molecule has 4 aromatic rings. The predicted molar refractivity (Wildman–Crippen MR) is 136 cm³/mol. The van der Waals surface area contributed by atoms with E-state index in [0.29, 0.717) is 0 Å². The Hall–Kier alpha value is -2.34. The lowest BCUT2D eigenvalue weighted by molar-refractivity contribution is 0.561. The number of nitrogens with zero attached hydrogens (tertiary/aromatic N) is 1. The first kappa shape index (κ1) is 22.8. The largest absolute Gasteiger partial charge is 0.256 e. The second-order valence-corrected chi connectivity index (χ2v) is 12.4. The van der Waals surface area contributed by atoms with Crippen LogP contribution in [0.15, 0.2) is 83.9 Å². The van der Waals surface area contributed by atoms with E-state index in [9.17, 15) is 8.42 Å². The molecule has 0 fully saturated rings. The molecule has 0 bridgehead atoms. The molecule has 0 aliphatic carbocycles. The van der Waals surface area contributed by atoms with Crippen molar-refractivity contribution in [3.8, 4) is 11.1 Å². The second kappa shape index (κ2) is 8.89. The third-order valence-corrected chi connectivity index (χ3v) is 9.16. The van der Waals surface area contributed by atoms with Gasteiger partial charge in [-0.3, -0.25) is 4.98 Å². The molecule has 0 amide bonds. The number of benzene rings is 3. The van der Waals surface area contributed by atoms with Crippen LogP contribution in [-0.2, 0) is 20.3 Å². The lowest BCUT2D eigenvalue weighted by Crippen LogP contribution is -2.28. The summed E-state index contributed by atoms with van der Waals surface area (Å²) < 4.78 is 24.0. The predicted octanol–water partition coefficient (Wildman–Crippen LogP) is 7.13. The molecule has 0 aliphatic rings. The van der Waals surface area contributed by atoms with Gasteiger partial charge in [-0.05, 0) is 66.9 Å². The molecule has 4 rings (SSSR count). The minimum Gasteiger partial charge on any atom is -0.256 e. The Kier molecular flexibility index (Phi) is 6.35. The number of pyridine rings is 1. The fraction of sp³-hybridized carbons (Fsp3) is 0.192. The lowest BCUT2D eigenvalue weighted by Gasteiger charge is -2.24. The highest BCUT2D eigenvalue weighted by Crippen LogP contribution is 2.37. The lowest BCUT2D eigenvalue weighted by atomic mass is 9.93. The van der Waals surface area contributed by atoms with Gasteiger partial charge >= 0.3 is 0 Å². The molecule has 3 nitrogen and oxygen atoms in total. The maximum atomic E-state index is 12.5. The summed E-state index contributed by atoms with van der Waals surface area (Å²) in [6, 6.07) is 23.9. The monoisotopic (exact) mass is 481 g/mol. The van der Waals surface area contributed by atoms with Crippen LogP contribution in [0, 0.1) is 0 Å². The summed E-state index contributed by atoms with van der Waals surface area (Å²) in [6.07, 6.45) is 3.06. The van der Waals surface area contributed by atoms with Gasteiger partial charge in [0.05, 0.1) is 10.3 Å². The summed E-state index contributed by atoms with van der Waals surface area (Å²) in [5, 5.41) is 1.65. The van der Waals surface area contributed by atoms with E-state index in [0.717, 1.165) is 43.3 Å². The van der Waals surface area contributed by atoms with E-state index in [-0.39, 0.29) is 0 Å². The van der Waals surface area contributed by atoms with Gasteiger partial charge in [0.15, 0.2) is 9.84 Å². The number of hydrogen-bond acceptors (Lipinski definition) is 4. The van der Waals surface area contributed by atoms with Gasteiger partial charge in [-0.1, -0.05) is 48.0 Å². The van der Waals surface area contributed by atoms with Crippen LogP contribution < -0.4 is 0 Å². The van der Waals surface area contributed by atoms with Gasteiger partial charge in [0.2, 0.25) is 0 Å². The third kappa shape index (κ3) is 4.70. The van der Waals surface area contributed by atoms with Gasteiger partial charge < -0.3 is 0 Å². The minimum atomic E-state index is -3.31. The SMILES string of the molecule is CC(C)(c1cc(-c2cccc(CSc3cccc(Cl)c3)c2)c2ncccc2c1)S(C)(=O)=O. The Bertz CT molecular complexity index is 1400. The zero-order valence-electron chi connectivity index (χ0n) is 18.2. The highest BCUT2D eigenvalue weighted by atomic mass is 35.5. The molecule has 164 valence electrons. The fourth-order valence-electron chi connectivity index (χ4n) is 3.53. The Morgan fingerprint density at radius 3 is 2.50 bits per heavy atom. The van der Waals surface area contributed by atoms with Crippen molar-refractivity contribution in [3.63, 3.8) is 0 Å². The number of rotatable bonds is 6. The van der Waals surface area contributed by atoms with Crippen molar-refractivity contribution in [1.82, 2.24) is 4.98 Å². The van der Waals surface area contributed by atoms with Crippen molar-refractivity contribution in [2.75, 3.05) is 6.26 Å². The second-order valence-electron chi connectivity index (χ2n) is 8.33. The van der Waals surface area contributed by atoms with Crippen LogP contribution in [-0.4, -0.2) is 19.7 Å².